The van der Waals surface area contributed by atoms with Crippen LogP contribution < -0.4 is 20.1 Å². The fraction of sp³-hybridized carbons (Fsp3) is 0.263. The van der Waals surface area contributed by atoms with E-state index >= 15 is 0 Å². The van der Waals surface area contributed by atoms with Gasteiger partial charge in [-0.3, -0.25) is 19.2 Å². The van der Waals surface area contributed by atoms with E-state index < -0.39 is 0 Å². The summed E-state index contributed by atoms with van der Waals surface area (Å²) >= 11 is 0. The van der Waals surface area contributed by atoms with Gasteiger partial charge in [0.15, 0.2) is 24.1 Å². The Labute approximate surface area is 161 Å². The summed E-state index contributed by atoms with van der Waals surface area (Å²) in [6, 6.07) is 4.53. The van der Waals surface area contributed by atoms with Gasteiger partial charge in [-0.25, -0.2) is 0 Å². The molecule has 2 rings (SSSR count). The Balaban J connectivity index is 1.90. The normalized spacial score (nSPS) is 10.1. The van der Waals surface area contributed by atoms with Crippen LogP contribution in [-0.4, -0.2) is 43.2 Å². The van der Waals surface area contributed by atoms with Gasteiger partial charge in [0.1, 0.15) is 0 Å². The summed E-state index contributed by atoms with van der Waals surface area (Å²) < 4.78 is 12.4. The van der Waals surface area contributed by atoms with Gasteiger partial charge in [-0.2, -0.15) is 0 Å². The minimum absolute atomic E-state index is 0.208. The Kier molecular flexibility index (Phi) is 7.32. The van der Waals surface area contributed by atoms with Crippen LogP contribution in [0.3, 0.4) is 0 Å². The molecule has 0 unspecified atom stereocenters. The van der Waals surface area contributed by atoms with Gasteiger partial charge in [0, 0.05) is 31.3 Å². The lowest BCUT2D eigenvalue weighted by molar-refractivity contribution is -0.116. The molecule has 2 amide bonds. The van der Waals surface area contributed by atoms with E-state index in [1.165, 1.54) is 19.2 Å². The third-order valence-electron chi connectivity index (χ3n) is 3.93. The highest BCUT2D eigenvalue weighted by Gasteiger charge is 2.12. The molecule has 0 saturated heterocycles. The quantitative estimate of drug-likeness (QED) is 0.450. The number of carbonyl (C=O) groups is 4. The maximum absolute atomic E-state index is 12.0. The molecule has 9 heteroatoms. The van der Waals surface area contributed by atoms with Gasteiger partial charge in [-0.1, -0.05) is 0 Å². The number of hydrogen-bond acceptors (Lipinski definition) is 6. The van der Waals surface area contributed by atoms with Crippen LogP contribution >= 0.6 is 0 Å². The smallest absolute Gasteiger partial charge is 0.224 e. The third-order valence-corrected chi connectivity index (χ3v) is 3.93. The van der Waals surface area contributed by atoms with Crippen molar-refractivity contribution >= 4 is 36.3 Å². The second-order valence-electron chi connectivity index (χ2n) is 5.85. The van der Waals surface area contributed by atoms with Crippen LogP contribution in [0.2, 0.25) is 0 Å². The van der Waals surface area contributed by atoms with Crippen molar-refractivity contribution in [3.63, 3.8) is 0 Å². The molecule has 28 heavy (non-hydrogen) atoms. The van der Waals surface area contributed by atoms with Crippen molar-refractivity contribution in [3.8, 4) is 11.5 Å². The molecule has 2 aromatic rings. The second kappa shape index (κ2) is 9.91. The van der Waals surface area contributed by atoms with Crippen LogP contribution in [0.25, 0.3) is 0 Å². The van der Waals surface area contributed by atoms with Gasteiger partial charge in [-0.15, -0.1) is 0 Å². The van der Waals surface area contributed by atoms with Crippen molar-refractivity contribution in [2.75, 3.05) is 24.4 Å². The molecule has 0 aliphatic carbocycles. The van der Waals surface area contributed by atoms with E-state index in [4.69, 9.17) is 9.47 Å². The number of ether oxygens (including phenoxy) is 2. The topological polar surface area (TPSA) is 116 Å². The fourth-order valence-corrected chi connectivity index (χ4v) is 2.54. The molecule has 0 saturated carbocycles. The lowest BCUT2D eigenvalue weighted by Crippen LogP contribution is -2.12. The number of aromatic nitrogens is 1. The maximum atomic E-state index is 12.0. The number of benzene rings is 1. The average molecular weight is 387 g/mol. The SMILES string of the molecule is COc1cc(C=O)c(NC=O)cc1OCCCC(=O)Nc1cc(C=O)n(C)c1. The Morgan fingerprint density at radius 1 is 1.14 bits per heavy atom. The summed E-state index contributed by atoms with van der Waals surface area (Å²) in [5.41, 5.74) is 1.57. The number of nitrogens with zero attached hydrogens (tertiary/aromatic N) is 1. The van der Waals surface area contributed by atoms with Gasteiger partial charge >= 0.3 is 0 Å². The predicted molar refractivity (Wildman–Crippen MR) is 102 cm³/mol. The molecule has 0 spiro atoms. The van der Waals surface area contributed by atoms with E-state index in [1.807, 2.05) is 0 Å². The number of rotatable bonds is 11. The molecule has 0 atom stereocenters. The molecule has 0 radical (unpaired) electrons. The number of methoxy groups -OCH3 is 1. The summed E-state index contributed by atoms with van der Waals surface area (Å²) in [7, 11) is 3.15. The average Bonchev–Trinajstić information content (AvgIpc) is 3.04. The zero-order valence-corrected chi connectivity index (χ0v) is 15.6. The van der Waals surface area contributed by atoms with Crippen LogP contribution in [0, 0.1) is 0 Å². The second-order valence-corrected chi connectivity index (χ2v) is 5.85. The molecular formula is C19H21N3O6. The summed E-state index contributed by atoms with van der Waals surface area (Å²) in [5, 5.41) is 5.14. The molecule has 0 bridgehead atoms. The largest absolute Gasteiger partial charge is 0.493 e. The Bertz CT molecular complexity index is 875. The van der Waals surface area contributed by atoms with Crippen LogP contribution in [0.5, 0.6) is 11.5 Å². The third kappa shape index (κ3) is 5.19. The molecule has 9 nitrogen and oxygen atoms in total. The molecule has 1 aromatic heterocycles. The van der Waals surface area contributed by atoms with Crippen LogP contribution in [0.15, 0.2) is 24.4 Å². The van der Waals surface area contributed by atoms with Crippen LogP contribution in [0.4, 0.5) is 11.4 Å². The first kappa shape index (κ1) is 20.7. The summed E-state index contributed by atoms with van der Waals surface area (Å²) in [4.78, 5) is 44.6. The summed E-state index contributed by atoms with van der Waals surface area (Å²) in [6.07, 6.45) is 4.05. The number of aryl methyl sites for hydroxylation is 1. The van der Waals surface area contributed by atoms with Crippen LogP contribution in [0.1, 0.15) is 33.7 Å². The molecule has 1 aromatic carbocycles. The maximum Gasteiger partial charge on any atom is 0.224 e. The van der Waals surface area contributed by atoms with Gasteiger partial charge < -0.3 is 24.7 Å². The number of amides is 2. The molecule has 0 aliphatic rings. The summed E-state index contributed by atoms with van der Waals surface area (Å²) in [5.74, 6) is 0.475. The first-order valence-electron chi connectivity index (χ1n) is 8.44. The van der Waals surface area contributed by atoms with Gasteiger partial charge in [0.25, 0.3) is 0 Å². The molecule has 0 aliphatic heterocycles. The minimum atomic E-state index is -0.210. The van der Waals surface area contributed by atoms with E-state index in [2.05, 4.69) is 10.6 Å². The van der Waals surface area contributed by atoms with Gasteiger partial charge in [-0.05, 0) is 18.6 Å². The molecule has 0 fully saturated rings. The van der Waals surface area contributed by atoms with E-state index in [1.54, 1.807) is 23.9 Å². The highest BCUT2D eigenvalue weighted by atomic mass is 16.5. The number of anilines is 2. The minimum Gasteiger partial charge on any atom is -0.493 e. The van der Waals surface area contributed by atoms with Crippen molar-refractivity contribution < 1.29 is 28.7 Å². The number of aldehydes is 2. The Morgan fingerprint density at radius 2 is 1.93 bits per heavy atom. The van der Waals surface area contributed by atoms with E-state index in [0.717, 1.165) is 0 Å². The lowest BCUT2D eigenvalue weighted by Gasteiger charge is -2.13. The number of nitrogens with one attached hydrogen (secondary N) is 2. The van der Waals surface area contributed by atoms with Crippen molar-refractivity contribution in [2.24, 2.45) is 7.05 Å². The Morgan fingerprint density at radius 3 is 2.54 bits per heavy atom. The zero-order valence-electron chi connectivity index (χ0n) is 15.6. The highest BCUT2D eigenvalue weighted by molar-refractivity contribution is 5.92. The predicted octanol–water partition coefficient (Wildman–Crippen LogP) is 2.02. The zero-order chi connectivity index (χ0) is 20.5. The molecular weight excluding hydrogens is 366 g/mol. The van der Waals surface area contributed by atoms with Crippen molar-refractivity contribution in [1.29, 1.82) is 0 Å². The monoisotopic (exact) mass is 387 g/mol. The first-order valence-corrected chi connectivity index (χ1v) is 8.44. The highest BCUT2D eigenvalue weighted by Crippen LogP contribution is 2.33. The van der Waals surface area contributed by atoms with E-state index in [0.29, 0.717) is 54.0 Å². The number of carbonyl (C=O) groups excluding carboxylic acids is 4. The van der Waals surface area contributed by atoms with Crippen molar-refractivity contribution in [1.82, 2.24) is 4.57 Å². The molecule has 148 valence electrons. The van der Waals surface area contributed by atoms with Crippen molar-refractivity contribution in [2.45, 2.75) is 12.8 Å². The lowest BCUT2D eigenvalue weighted by atomic mass is 10.1. The standard InChI is InChI=1S/C19H21N3O6/c1-22-9-14(7-15(22)11-24)21-19(26)4-3-5-28-18-8-16(20-12-25)13(10-23)6-17(18)27-2/h6-12H,3-5H2,1-2H3,(H,20,25)(H,21,26). The van der Waals surface area contributed by atoms with Crippen molar-refractivity contribution in [3.05, 3.63) is 35.7 Å². The van der Waals surface area contributed by atoms with Crippen LogP contribution in [-0.2, 0) is 16.6 Å². The fourth-order valence-electron chi connectivity index (χ4n) is 2.54. The Hall–Kier alpha value is -3.62. The van der Waals surface area contributed by atoms with Gasteiger partial charge in [0.05, 0.1) is 30.8 Å². The molecule has 1 heterocycles. The number of hydrogen-bond donors (Lipinski definition) is 2. The summed E-state index contributed by atoms with van der Waals surface area (Å²) in [6.45, 7) is 0.221. The van der Waals surface area contributed by atoms with E-state index in [9.17, 15) is 19.2 Å². The van der Waals surface area contributed by atoms with Gasteiger partial charge in [0.2, 0.25) is 12.3 Å². The van der Waals surface area contributed by atoms with E-state index in [-0.39, 0.29) is 24.5 Å². The first-order chi connectivity index (χ1) is 13.5. The molecule has 2 N–H and O–H groups in total.